The third-order valence-corrected chi connectivity index (χ3v) is 4.45. The van der Waals surface area contributed by atoms with Crippen LogP contribution < -0.4 is 4.90 Å². The third kappa shape index (κ3) is 2.60. The van der Waals surface area contributed by atoms with E-state index >= 15 is 0 Å². The number of likely N-dealkylation sites (tertiary alicyclic amines) is 1. The van der Waals surface area contributed by atoms with Gasteiger partial charge in [0.15, 0.2) is 0 Å². The zero-order chi connectivity index (χ0) is 14.1. The van der Waals surface area contributed by atoms with Gasteiger partial charge in [0.25, 0.3) is 0 Å². The zero-order valence-electron chi connectivity index (χ0n) is 12.0. The lowest BCUT2D eigenvalue weighted by molar-refractivity contribution is 0.252. The van der Waals surface area contributed by atoms with Crippen LogP contribution in [0.1, 0.15) is 12.8 Å². The Bertz CT molecular complexity index is 606. The van der Waals surface area contributed by atoms with Gasteiger partial charge >= 0.3 is 0 Å². The van der Waals surface area contributed by atoms with Gasteiger partial charge in [-0.1, -0.05) is 35.9 Å². The van der Waals surface area contributed by atoms with Crippen LogP contribution in [0.25, 0.3) is 10.8 Å². The lowest BCUT2D eigenvalue weighted by atomic mass is 10.0. The van der Waals surface area contributed by atoms with E-state index in [2.05, 4.69) is 47.1 Å². The van der Waals surface area contributed by atoms with Crippen molar-refractivity contribution in [2.24, 2.45) is 0 Å². The molecule has 0 spiro atoms. The summed E-state index contributed by atoms with van der Waals surface area (Å²) >= 11 is 6.18. The molecule has 3 nitrogen and oxygen atoms in total. The molecule has 0 unspecified atom stereocenters. The highest BCUT2D eigenvalue weighted by atomic mass is 35.5. The van der Waals surface area contributed by atoms with Crippen LogP contribution in [0.2, 0.25) is 5.15 Å². The fourth-order valence-electron chi connectivity index (χ4n) is 2.97. The average Bonchev–Trinajstić information content (AvgIpc) is 2.46. The zero-order valence-corrected chi connectivity index (χ0v) is 12.8. The van der Waals surface area contributed by atoms with Gasteiger partial charge in [0.2, 0.25) is 0 Å². The van der Waals surface area contributed by atoms with Crippen molar-refractivity contribution in [3.63, 3.8) is 0 Å². The number of aromatic nitrogens is 1. The van der Waals surface area contributed by atoms with Crippen molar-refractivity contribution in [2.45, 2.75) is 18.9 Å². The molecule has 0 atom stereocenters. The molecule has 2 aromatic rings. The molecule has 0 radical (unpaired) electrons. The maximum atomic E-state index is 6.18. The van der Waals surface area contributed by atoms with Crippen molar-refractivity contribution >= 4 is 28.2 Å². The predicted octanol–water partition coefficient (Wildman–Crippen LogP) is 3.42. The molecular formula is C16H20ClN3. The smallest absolute Gasteiger partial charge is 0.138 e. The van der Waals surface area contributed by atoms with Crippen LogP contribution in [0.4, 0.5) is 5.82 Å². The molecule has 0 N–H and O–H groups in total. The SMILES string of the molecule is CN1CCC(N(C)c2nc(Cl)cc3ccccc23)CC1. The van der Waals surface area contributed by atoms with E-state index in [-0.39, 0.29) is 0 Å². The summed E-state index contributed by atoms with van der Waals surface area (Å²) in [7, 11) is 4.32. The van der Waals surface area contributed by atoms with Crippen LogP contribution in [0.15, 0.2) is 30.3 Å². The van der Waals surface area contributed by atoms with E-state index in [0.29, 0.717) is 11.2 Å². The van der Waals surface area contributed by atoms with E-state index in [4.69, 9.17) is 11.6 Å². The highest BCUT2D eigenvalue weighted by Crippen LogP contribution is 2.29. The molecule has 1 fully saturated rings. The molecule has 106 valence electrons. The second-order valence-electron chi connectivity index (χ2n) is 5.64. The van der Waals surface area contributed by atoms with Crippen LogP contribution in [0.3, 0.4) is 0 Å². The number of halogens is 1. The normalized spacial score (nSPS) is 17.6. The number of pyridine rings is 1. The molecular weight excluding hydrogens is 270 g/mol. The van der Waals surface area contributed by atoms with Gasteiger partial charge in [-0.2, -0.15) is 0 Å². The van der Waals surface area contributed by atoms with E-state index in [0.717, 1.165) is 24.3 Å². The van der Waals surface area contributed by atoms with Crippen molar-refractivity contribution in [3.05, 3.63) is 35.5 Å². The van der Waals surface area contributed by atoms with E-state index in [9.17, 15) is 0 Å². The number of rotatable bonds is 2. The number of hydrogen-bond acceptors (Lipinski definition) is 3. The topological polar surface area (TPSA) is 19.4 Å². The summed E-state index contributed by atoms with van der Waals surface area (Å²) in [6, 6.07) is 10.8. The van der Waals surface area contributed by atoms with Crippen LogP contribution in [0.5, 0.6) is 0 Å². The molecule has 0 amide bonds. The standard InChI is InChI=1S/C16H20ClN3/c1-19-9-7-13(8-10-19)20(2)16-14-6-4-3-5-12(14)11-15(17)18-16/h3-6,11,13H,7-10H2,1-2H3. The molecule has 3 rings (SSSR count). The van der Waals surface area contributed by atoms with Gasteiger partial charge in [-0.25, -0.2) is 4.98 Å². The first-order valence-electron chi connectivity index (χ1n) is 7.12. The van der Waals surface area contributed by atoms with Gasteiger partial charge < -0.3 is 9.80 Å². The fraction of sp³-hybridized carbons (Fsp3) is 0.438. The molecule has 0 saturated carbocycles. The Morgan fingerprint density at radius 2 is 1.95 bits per heavy atom. The van der Waals surface area contributed by atoms with Crippen LogP contribution in [-0.2, 0) is 0 Å². The molecule has 1 aliphatic rings. The predicted molar refractivity (Wildman–Crippen MR) is 85.7 cm³/mol. The minimum Gasteiger partial charge on any atom is -0.356 e. The lowest BCUT2D eigenvalue weighted by Gasteiger charge is -2.36. The molecule has 1 saturated heterocycles. The Morgan fingerprint density at radius 3 is 2.70 bits per heavy atom. The number of piperidine rings is 1. The van der Waals surface area contributed by atoms with Crippen molar-refractivity contribution < 1.29 is 0 Å². The van der Waals surface area contributed by atoms with Crippen molar-refractivity contribution in [2.75, 3.05) is 32.1 Å². The average molecular weight is 290 g/mol. The molecule has 1 aromatic heterocycles. The Labute approximate surface area is 125 Å². The van der Waals surface area contributed by atoms with E-state index in [1.807, 2.05) is 12.1 Å². The Hall–Kier alpha value is -1.32. The van der Waals surface area contributed by atoms with Gasteiger partial charge in [0.05, 0.1) is 0 Å². The molecule has 20 heavy (non-hydrogen) atoms. The molecule has 4 heteroatoms. The summed E-state index contributed by atoms with van der Waals surface area (Å²) in [6.45, 7) is 2.29. The van der Waals surface area contributed by atoms with Gasteiger partial charge in [-0.15, -0.1) is 0 Å². The largest absolute Gasteiger partial charge is 0.356 e. The van der Waals surface area contributed by atoms with E-state index < -0.39 is 0 Å². The van der Waals surface area contributed by atoms with Gasteiger partial charge in [-0.05, 0) is 44.4 Å². The van der Waals surface area contributed by atoms with Crippen molar-refractivity contribution in [3.8, 4) is 0 Å². The second-order valence-corrected chi connectivity index (χ2v) is 6.02. The Balaban J connectivity index is 1.96. The van der Waals surface area contributed by atoms with Gasteiger partial charge in [0, 0.05) is 18.5 Å². The van der Waals surface area contributed by atoms with E-state index in [1.165, 1.54) is 18.2 Å². The summed E-state index contributed by atoms with van der Waals surface area (Å²) in [5, 5.41) is 2.90. The number of hydrogen-bond donors (Lipinski definition) is 0. The van der Waals surface area contributed by atoms with Gasteiger partial charge in [-0.3, -0.25) is 0 Å². The summed E-state index contributed by atoms with van der Waals surface area (Å²) in [6.07, 6.45) is 2.35. The summed E-state index contributed by atoms with van der Waals surface area (Å²) in [4.78, 5) is 9.26. The number of anilines is 1. The highest BCUT2D eigenvalue weighted by Gasteiger charge is 2.22. The van der Waals surface area contributed by atoms with E-state index in [1.54, 1.807) is 0 Å². The maximum absolute atomic E-state index is 6.18. The number of benzene rings is 1. The lowest BCUT2D eigenvalue weighted by Crippen LogP contribution is -2.42. The van der Waals surface area contributed by atoms with Gasteiger partial charge in [0.1, 0.15) is 11.0 Å². The third-order valence-electron chi connectivity index (χ3n) is 4.26. The van der Waals surface area contributed by atoms with Crippen molar-refractivity contribution in [1.82, 2.24) is 9.88 Å². The van der Waals surface area contributed by atoms with Crippen LogP contribution in [-0.4, -0.2) is 43.1 Å². The monoisotopic (exact) mass is 289 g/mol. The minimum atomic E-state index is 0.542. The summed E-state index contributed by atoms with van der Waals surface area (Å²) in [5.74, 6) is 1.00. The minimum absolute atomic E-state index is 0.542. The fourth-order valence-corrected chi connectivity index (χ4v) is 3.17. The highest BCUT2D eigenvalue weighted by molar-refractivity contribution is 6.30. The second kappa shape index (κ2) is 5.58. The quantitative estimate of drug-likeness (QED) is 0.790. The first-order chi connectivity index (χ1) is 9.65. The molecule has 0 bridgehead atoms. The molecule has 1 aromatic carbocycles. The molecule has 0 aliphatic carbocycles. The van der Waals surface area contributed by atoms with Crippen LogP contribution in [0, 0.1) is 0 Å². The number of fused-ring (bicyclic) bond motifs is 1. The molecule has 2 heterocycles. The Kier molecular flexibility index (Phi) is 3.81. The summed E-state index contributed by atoms with van der Waals surface area (Å²) in [5.41, 5.74) is 0. The number of nitrogens with zero attached hydrogens (tertiary/aromatic N) is 3. The summed E-state index contributed by atoms with van der Waals surface area (Å²) < 4.78 is 0. The Morgan fingerprint density at radius 1 is 1.25 bits per heavy atom. The van der Waals surface area contributed by atoms with Crippen molar-refractivity contribution in [1.29, 1.82) is 0 Å². The first kappa shape index (κ1) is 13.7. The first-order valence-corrected chi connectivity index (χ1v) is 7.49. The maximum Gasteiger partial charge on any atom is 0.138 e. The van der Waals surface area contributed by atoms with Crippen LogP contribution >= 0.6 is 11.6 Å². The molecule has 1 aliphatic heterocycles.